The lowest BCUT2D eigenvalue weighted by molar-refractivity contribution is 0.0856. The van der Waals surface area contributed by atoms with E-state index in [1.54, 1.807) is 6.20 Å². The van der Waals surface area contributed by atoms with E-state index < -0.39 is 0 Å². The fourth-order valence-corrected chi connectivity index (χ4v) is 2.28. The first-order chi connectivity index (χ1) is 9.83. The highest BCUT2D eigenvalue weighted by Gasteiger charge is 2.21. The van der Waals surface area contributed by atoms with Gasteiger partial charge in [-0.1, -0.05) is 47.6 Å². The first-order valence-electron chi connectivity index (χ1n) is 6.69. The Hall–Kier alpha value is -2.42. The van der Waals surface area contributed by atoms with E-state index in [-0.39, 0.29) is 6.10 Å². The predicted octanol–water partition coefficient (Wildman–Crippen LogP) is 4.09. The molecule has 1 aromatic heterocycles. The third-order valence-electron chi connectivity index (χ3n) is 3.30. The standard InChI is InChI=1S/C17H16N2O/c1-13-11-17(20-19-13)16-7-3-2-6-15(16)9-8-14-5-4-10-18-12-14/h2-10,12,17H,11H2,1H3/t17-/m1/s1. The van der Waals surface area contributed by atoms with E-state index in [2.05, 4.69) is 34.4 Å². The van der Waals surface area contributed by atoms with Crippen LogP contribution in [-0.2, 0) is 4.84 Å². The Morgan fingerprint density at radius 1 is 1.15 bits per heavy atom. The maximum Gasteiger partial charge on any atom is 0.158 e. The monoisotopic (exact) mass is 264 g/mol. The average molecular weight is 264 g/mol. The van der Waals surface area contributed by atoms with Crippen molar-refractivity contribution in [1.29, 1.82) is 0 Å². The van der Waals surface area contributed by atoms with Gasteiger partial charge in [0.2, 0.25) is 0 Å². The zero-order chi connectivity index (χ0) is 13.8. The van der Waals surface area contributed by atoms with Gasteiger partial charge in [0.25, 0.3) is 0 Å². The molecule has 1 atom stereocenters. The molecule has 0 amide bonds. The molecule has 0 fully saturated rings. The molecule has 0 bridgehead atoms. The van der Waals surface area contributed by atoms with Gasteiger partial charge in [0.15, 0.2) is 6.10 Å². The Bertz CT molecular complexity index is 647. The van der Waals surface area contributed by atoms with Crippen LogP contribution in [0.4, 0.5) is 0 Å². The molecule has 0 saturated heterocycles. The number of hydrogen-bond acceptors (Lipinski definition) is 3. The van der Waals surface area contributed by atoms with Crippen molar-refractivity contribution in [2.75, 3.05) is 0 Å². The minimum absolute atomic E-state index is 0.0322. The molecule has 0 aliphatic carbocycles. The largest absolute Gasteiger partial charge is 0.387 e. The summed E-state index contributed by atoms with van der Waals surface area (Å²) in [6, 6.07) is 12.2. The van der Waals surface area contributed by atoms with Gasteiger partial charge in [0, 0.05) is 24.4 Å². The molecule has 1 aromatic carbocycles. The third kappa shape index (κ3) is 2.77. The molecule has 2 aromatic rings. The summed E-state index contributed by atoms with van der Waals surface area (Å²) in [4.78, 5) is 9.60. The van der Waals surface area contributed by atoms with Crippen LogP contribution in [0.1, 0.15) is 36.1 Å². The van der Waals surface area contributed by atoms with Crippen molar-refractivity contribution >= 4 is 17.9 Å². The van der Waals surface area contributed by atoms with Gasteiger partial charge in [-0.3, -0.25) is 4.98 Å². The number of rotatable bonds is 3. The predicted molar refractivity (Wildman–Crippen MR) is 81.2 cm³/mol. The number of pyridine rings is 1. The number of oxime groups is 1. The van der Waals surface area contributed by atoms with Crippen molar-refractivity contribution in [2.45, 2.75) is 19.4 Å². The van der Waals surface area contributed by atoms with Gasteiger partial charge in [-0.15, -0.1) is 0 Å². The van der Waals surface area contributed by atoms with Crippen LogP contribution in [0.3, 0.4) is 0 Å². The van der Waals surface area contributed by atoms with Crippen molar-refractivity contribution in [1.82, 2.24) is 4.98 Å². The summed E-state index contributed by atoms with van der Waals surface area (Å²) in [7, 11) is 0. The number of hydrogen-bond donors (Lipinski definition) is 0. The normalized spacial score (nSPS) is 18.1. The molecule has 20 heavy (non-hydrogen) atoms. The van der Waals surface area contributed by atoms with Crippen LogP contribution in [0.5, 0.6) is 0 Å². The van der Waals surface area contributed by atoms with Crippen molar-refractivity contribution < 1.29 is 4.84 Å². The van der Waals surface area contributed by atoms with Gasteiger partial charge < -0.3 is 4.84 Å². The molecule has 3 heteroatoms. The molecule has 3 nitrogen and oxygen atoms in total. The van der Waals surface area contributed by atoms with Gasteiger partial charge in [0.1, 0.15) is 0 Å². The summed E-state index contributed by atoms with van der Waals surface area (Å²) in [5.74, 6) is 0. The number of aromatic nitrogens is 1. The topological polar surface area (TPSA) is 34.5 Å². The van der Waals surface area contributed by atoms with Crippen LogP contribution >= 0.6 is 0 Å². The second-order valence-corrected chi connectivity index (χ2v) is 4.87. The van der Waals surface area contributed by atoms with Crippen LogP contribution in [0, 0.1) is 0 Å². The summed E-state index contributed by atoms with van der Waals surface area (Å²) in [6.07, 6.45) is 8.68. The fraction of sp³-hybridized carbons (Fsp3) is 0.176. The highest BCUT2D eigenvalue weighted by molar-refractivity contribution is 5.83. The van der Waals surface area contributed by atoms with Crippen LogP contribution in [0.15, 0.2) is 53.9 Å². The van der Waals surface area contributed by atoms with E-state index >= 15 is 0 Å². The average Bonchev–Trinajstić information content (AvgIpc) is 2.93. The zero-order valence-electron chi connectivity index (χ0n) is 11.4. The Morgan fingerprint density at radius 2 is 2.05 bits per heavy atom. The first-order valence-corrected chi connectivity index (χ1v) is 6.69. The van der Waals surface area contributed by atoms with Gasteiger partial charge in [0.05, 0.1) is 5.71 Å². The Kier molecular flexibility index (Phi) is 3.59. The molecule has 0 unspecified atom stereocenters. The lowest BCUT2D eigenvalue weighted by atomic mass is 9.98. The second-order valence-electron chi connectivity index (χ2n) is 4.87. The lowest BCUT2D eigenvalue weighted by Gasteiger charge is -2.11. The molecular formula is C17H16N2O. The highest BCUT2D eigenvalue weighted by Crippen LogP contribution is 2.30. The molecule has 2 heterocycles. The lowest BCUT2D eigenvalue weighted by Crippen LogP contribution is -2.00. The second kappa shape index (κ2) is 5.70. The molecule has 0 radical (unpaired) electrons. The van der Waals surface area contributed by atoms with E-state index in [1.807, 2.05) is 37.4 Å². The van der Waals surface area contributed by atoms with E-state index in [4.69, 9.17) is 4.84 Å². The van der Waals surface area contributed by atoms with Crippen LogP contribution in [-0.4, -0.2) is 10.7 Å². The fourth-order valence-electron chi connectivity index (χ4n) is 2.28. The van der Waals surface area contributed by atoms with E-state index in [0.717, 1.165) is 23.3 Å². The van der Waals surface area contributed by atoms with Crippen molar-refractivity contribution in [3.8, 4) is 0 Å². The Morgan fingerprint density at radius 3 is 2.80 bits per heavy atom. The van der Waals surface area contributed by atoms with Gasteiger partial charge in [-0.2, -0.15) is 0 Å². The van der Waals surface area contributed by atoms with E-state index in [0.29, 0.717) is 0 Å². The van der Waals surface area contributed by atoms with Crippen LogP contribution < -0.4 is 0 Å². The van der Waals surface area contributed by atoms with Crippen molar-refractivity contribution in [3.05, 3.63) is 65.5 Å². The maximum atomic E-state index is 5.49. The van der Waals surface area contributed by atoms with E-state index in [1.165, 1.54) is 5.56 Å². The molecule has 0 N–H and O–H groups in total. The number of nitrogens with zero attached hydrogens (tertiary/aromatic N) is 2. The minimum atomic E-state index is 0.0322. The maximum absolute atomic E-state index is 5.49. The van der Waals surface area contributed by atoms with Crippen molar-refractivity contribution in [3.63, 3.8) is 0 Å². The minimum Gasteiger partial charge on any atom is -0.387 e. The summed E-state index contributed by atoms with van der Waals surface area (Å²) in [5.41, 5.74) is 4.46. The molecule has 0 spiro atoms. The molecule has 1 aliphatic heterocycles. The Labute approximate surface area is 118 Å². The molecule has 100 valence electrons. The summed E-state index contributed by atoms with van der Waals surface area (Å²) < 4.78 is 0. The van der Waals surface area contributed by atoms with Gasteiger partial charge in [-0.05, 0) is 24.1 Å². The smallest absolute Gasteiger partial charge is 0.158 e. The highest BCUT2D eigenvalue weighted by atomic mass is 16.6. The van der Waals surface area contributed by atoms with Gasteiger partial charge in [-0.25, -0.2) is 0 Å². The molecule has 1 aliphatic rings. The number of benzene rings is 1. The van der Waals surface area contributed by atoms with Crippen LogP contribution in [0.25, 0.3) is 12.2 Å². The summed E-state index contributed by atoms with van der Waals surface area (Å²) in [5, 5.41) is 4.04. The quantitative estimate of drug-likeness (QED) is 0.836. The zero-order valence-corrected chi connectivity index (χ0v) is 11.4. The van der Waals surface area contributed by atoms with Crippen LogP contribution in [0.2, 0.25) is 0 Å². The van der Waals surface area contributed by atoms with Gasteiger partial charge >= 0.3 is 0 Å². The third-order valence-corrected chi connectivity index (χ3v) is 3.30. The molecule has 0 saturated carbocycles. The van der Waals surface area contributed by atoms with E-state index in [9.17, 15) is 0 Å². The molecular weight excluding hydrogens is 248 g/mol. The molecule has 3 rings (SSSR count). The van der Waals surface area contributed by atoms with Crippen molar-refractivity contribution in [2.24, 2.45) is 5.16 Å². The summed E-state index contributed by atoms with van der Waals surface area (Å²) in [6.45, 7) is 1.99. The Balaban J connectivity index is 1.85. The summed E-state index contributed by atoms with van der Waals surface area (Å²) >= 11 is 0. The SMILES string of the molecule is CC1=NO[C@@H](c2ccccc2C=Cc2cccnc2)C1. The first kappa shape index (κ1) is 12.6.